The second-order valence-electron chi connectivity index (χ2n) is 3.99. The lowest BCUT2D eigenvalue weighted by molar-refractivity contribution is 0.306. The van der Waals surface area contributed by atoms with Gasteiger partial charge >= 0.3 is 0 Å². The van der Waals surface area contributed by atoms with E-state index in [1.807, 2.05) is 6.07 Å². The average molecular weight is 300 g/mol. The van der Waals surface area contributed by atoms with Crippen molar-refractivity contribution < 1.29 is 9.13 Å². The van der Waals surface area contributed by atoms with E-state index in [1.165, 1.54) is 12.1 Å². The molecule has 0 spiro atoms. The Hall–Kier alpha value is -1.29. The van der Waals surface area contributed by atoms with Crippen molar-refractivity contribution in [2.75, 3.05) is 0 Å². The Balaban J connectivity index is 2.10. The van der Waals surface area contributed by atoms with Gasteiger partial charge in [0.1, 0.15) is 18.2 Å². The lowest BCUT2D eigenvalue weighted by Gasteiger charge is -2.10. The first-order chi connectivity index (χ1) is 9.10. The molecule has 0 saturated heterocycles. The summed E-state index contributed by atoms with van der Waals surface area (Å²) >= 11 is 12.0. The van der Waals surface area contributed by atoms with Crippen LogP contribution < -0.4 is 10.5 Å². The van der Waals surface area contributed by atoms with Crippen molar-refractivity contribution in [3.63, 3.8) is 0 Å². The van der Waals surface area contributed by atoms with Crippen LogP contribution in [-0.4, -0.2) is 0 Å². The monoisotopic (exact) mass is 299 g/mol. The van der Waals surface area contributed by atoms with Gasteiger partial charge in [0.05, 0.1) is 10.0 Å². The summed E-state index contributed by atoms with van der Waals surface area (Å²) in [7, 11) is 0. The molecule has 0 bridgehead atoms. The molecule has 2 N–H and O–H groups in total. The summed E-state index contributed by atoms with van der Waals surface area (Å²) in [4.78, 5) is 0. The van der Waals surface area contributed by atoms with Crippen molar-refractivity contribution in [2.45, 2.75) is 13.2 Å². The summed E-state index contributed by atoms with van der Waals surface area (Å²) in [6, 6.07) is 9.52. The summed E-state index contributed by atoms with van der Waals surface area (Å²) in [5.74, 6) is 0.165. The maximum atomic E-state index is 12.9. The highest BCUT2D eigenvalue weighted by atomic mass is 35.5. The topological polar surface area (TPSA) is 35.2 Å². The van der Waals surface area contributed by atoms with Crippen molar-refractivity contribution in [1.82, 2.24) is 0 Å². The van der Waals surface area contributed by atoms with Gasteiger partial charge in [0.25, 0.3) is 0 Å². The molecule has 2 aromatic carbocycles. The lowest BCUT2D eigenvalue weighted by Crippen LogP contribution is -1.99. The molecule has 0 aliphatic rings. The van der Waals surface area contributed by atoms with E-state index in [9.17, 15) is 4.39 Å². The van der Waals surface area contributed by atoms with Gasteiger partial charge in [0.15, 0.2) is 0 Å². The Morgan fingerprint density at radius 2 is 1.84 bits per heavy atom. The fraction of sp³-hybridized carbons (Fsp3) is 0.143. The van der Waals surface area contributed by atoms with Crippen molar-refractivity contribution in [2.24, 2.45) is 5.73 Å². The molecule has 0 fully saturated rings. The molecule has 0 amide bonds. The highest BCUT2D eigenvalue weighted by Crippen LogP contribution is 2.27. The Kier molecular flexibility index (Phi) is 4.64. The molecule has 5 heteroatoms. The third kappa shape index (κ3) is 3.60. The van der Waals surface area contributed by atoms with Crippen LogP contribution in [0.3, 0.4) is 0 Å². The number of rotatable bonds is 4. The Labute approximate surface area is 120 Å². The van der Waals surface area contributed by atoms with Gasteiger partial charge in [-0.05, 0) is 29.8 Å². The number of nitrogens with two attached hydrogens (primary N) is 1. The normalized spacial score (nSPS) is 10.5. The van der Waals surface area contributed by atoms with Crippen LogP contribution in [0.5, 0.6) is 5.75 Å². The molecule has 0 aliphatic heterocycles. The van der Waals surface area contributed by atoms with E-state index in [1.54, 1.807) is 18.2 Å². The highest BCUT2D eigenvalue weighted by molar-refractivity contribution is 6.32. The maximum Gasteiger partial charge on any atom is 0.138 e. The summed E-state index contributed by atoms with van der Waals surface area (Å²) < 4.78 is 18.5. The number of hydrogen-bond donors (Lipinski definition) is 1. The van der Waals surface area contributed by atoms with Crippen LogP contribution in [0.15, 0.2) is 36.4 Å². The summed E-state index contributed by atoms with van der Waals surface area (Å²) in [5.41, 5.74) is 7.14. The van der Waals surface area contributed by atoms with E-state index in [0.717, 1.165) is 5.56 Å². The minimum Gasteiger partial charge on any atom is -0.487 e. The van der Waals surface area contributed by atoms with Gasteiger partial charge < -0.3 is 10.5 Å². The number of benzene rings is 2. The molecule has 0 aliphatic carbocycles. The van der Waals surface area contributed by atoms with Gasteiger partial charge in [-0.1, -0.05) is 35.3 Å². The van der Waals surface area contributed by atoms with Crippen LogP contribution in [0, 0.1) is 5.82 Å². The molecule has 100 valence electrons. The van der Waals surface area contributed by atoms with Crippen LogP contribution in [0.2, 0.25) is 10.0 Å². The molecule has 0 saturated carbocycles. The fourth-order valence-electron chi connectivity index (χ4n) is 1.58. The first-order valence-electron chi connectivity index (χ1n) is 5.65. The van der Waals surface area contributed by atoms with Crippen molar-refractivity contribution in [3.8, 4) is 5.75 Å². The Morgan fingerprint density at radius 3 is 2.47 bits per heavy atom. The zero-order valence-electron chi connectivity index (χ0n) is 10.00. The van der Waals surface area contributed by atoms with Crippen molar-refractivity contribution >= 4 is 23.2 Å². The molecule has 0 aromatic heterocycles. The van der Waals surface area contributed by atoms with E-state index in [4.69, 9.17) is 33.7 Å². The molecule has 0 unspecified atom stereocenters. The largest absolute Gasteiger partial charge is 0.487 e. The van der Waals surface area contributed by atoms with Gasteiger partial charge in [-0.3, -0.25) is 0 Å². The molecule has 2 rings (SSSR count). The van der Waals surface area contributed by atoms with E-state index in [-0.39, 0.29) is 12.4 Å². The predicted octanol–water partition coefficient (Wildman–Crippen LogP) is 4.17. The van der Waals surface area contributed by atoms with Crippen LogP contribution >= 0.6 is 23.2 Å². The van der Waals surface area contributed by atoms with Crippen LogP contribution in [0.25, 0.3) is 0 Å². The molecule has 2 nitrogen and oxygen atoms in total. The lowest BCUT2D eigenvalue weighted by atomic mass is 10.2. The van der Waals surface area contributed by atoms with Crippen LogP contribution in [0.1, 0.15) is 11.1 Å². The first-order valence-corrected chi connectivity index (χ1v) is 6.41. The molecular weight excluding hydrogens is 288 g/mol. The Bertz CT molecular complexity index is 590. The van der Waals surface area contributed by atoms with Gasteiger partial charge in [-0.15, -0.1) is 0 Å². The van der Waals surface area contributed by atoms with Gasteiger partial charge in [-0.25, -0.2) is 4.39 Å². The average Bonchev–Trinajstić information content (AvgIpc) is 2.39. The number of halogens is 3. The van der Waals surface area contributed by atoms with Crippen molar-refractivity contribution in [1.29, 1.82) is 0 Å². The van der Waals surface area contributed by atoms with Crippen LogP contribution in [-0.2, 0) is 13.2 Å². The predicted molar refractivity (Wildman–Crippen MR) is 75.1 cm³/mol. The zero-order chi connectivity index (χ0) is 13.8. The fourth-order valence-corrected chi connectivity index (χ4v) is 2.06. The van der Waals surface area contributed by atoms with Crippen LogP contribution in [0.4, 0.5) is 4.39 Å². The van der Waals surface area contributed by atoms with E-state index in [2.05, 4.69) is 0 Å². The summed E-state index contributed by atoms with van der Waals surface area (Å²) in [5, 5.41) is 0.816. The van der Waals surface area contributed by atoms with Crippen molar-refractivity contribution in [3.05, 3.63) is 63.4 Å². The third-order valence-electron chi connectivity index (χ3n) is 2.63. The quantitative estimate of drug-likeness (QED) is 0.919. The molecular formula is C14H12Cl2FNO. The smallest absolute Gasteiger partial charge is 0.138 e. The SMILES string of the molecule is NCc1ccc(OCc2ccc(F)cc2Cl)c(Cl)c1. The third-order valence-corrected chi connectivity index (χ3v) is 3.28. The standard InChI is InChI=1S/C14H12Cl2FNO/c15-12-6-11(17)3-2-10(12)8-19-14-4-1-9(7-18)5-13(14)16/h1-6H,7-8,18H2. The highest BCUT2D eigenvalue weighted by Gasteiger charge is 2.06. The first kappa shape index (κ1) is 14.1. The molecule has 2 aromatic rings. The summed E-state index contributed by atoms with van der Waals surface area (Å²) in [6.45, 7) is 0.643. The maximum absolute atomic E-state index is 12.9. The Morgan fingerprint density at radius 1 is 1.05 bits per heavy atom. The van der Waals surface area contributed by atoms with Gasteiger partial charge in [0, 0.05) is 12.1 Å². The molecule has 0 radical (unpaired) electrons. The number of ether oxygens (including phenoxy) is 1. The second-order valence-corrected chi connectivity index (χ2v) is 4.81. The molecule has 0 heterocycles. The zero-order valence-corrected chi connectivity index (χ0v) is 11.5. The van der Waals surface area contributed by atoms with Gasteiger partial charge in [0.2, 0.25) is 0 Å². The van der Waals surface area contributed by atoms with Gasteiger partial charge in [-0.2, -0.15) is 0 Å². The summed E-state index contributed by atoms with van der Waals surface area (Å²) in [6.07, 6.45) is 0. The van der Waals surface area contributed by atoms with E-state index >= 15 is 0 Å². The number of hydrogen-bond acceptors (Lipinski definition) is 2. The van der Waals surface area contributed by atoms with E-state index in [0.29, 0.717) is 27.9 Å². The second kappa shape index (κ2) is 6.24. The molecule has 19 heavy (non-hydrogen) atoms. The molecule has 0 atom stereocenters. The van der Waals surface area contributed by atoms with E-state index < -0.39 is 0 Å². The minimum absolute atomic E-state index is 0.223. The minimum atomic E-state index is -0.376.